The summed E-state index contributed by atoms with van der Waals surface area (Å²) in [4.78, 5) is 11.6. The molecule has 0 saturated carbocycles. The van der Waals surface area contributed by atoms with E-state index in [0.717, 1.165) is 22.0 Å². The Kier molecular flexibility index (Phi) is 5.34. The number of carboxylic acid groups (broad SMARTS) is 1. The van der Waals surface area contributed by atoms with Gasteiger partial charge in [-0.2, -0.15) is 0 Å². The summed E-state index contributed by atoms with van der Waals surface area (Å²) in [5.74, 6) is -0.914. The molecule has 2 N–H and O–H groups in total. The highest BCUT2D eigenvalue weighted by atomic mass is 32.2. The minimum absolute atomic E-state index is 0.228. The number of nitrogens with one attached hydrogen (secondary N) is 1. The van der Waals surface area contributed by atoms with E-state index < -0.39 is 22.0 Å². The van der Waals surface area contributed by atoms with Gasteiger partial charge in [0.25, 0.3) is 0 Å². The van der Waals surface area contributed by atoms with Gasteiger partial charge in [0.05, 0.1) is 4.90 Å². The molecule has 142 valence electrons. The van der Waals surface area contributed by atoms with Gasteiger partial charge in [-0.15, -0.1) is 0 Å². The molecule has 1 heterocycles. The quantitative estimate of drug-likeness (QED) is 0.653. The lowest BCUT2D eigenvalue weighted by Crippen LogP contribution is -2.26. The molecule has 1 unspecified atom stereocenters. The van der Waals surface area contributed by atoms with Crippen molar-refractivity contribution in [2.24, 2.45) is 0 Å². The lowest BCUT2D eigenvalue weighted by molar-refractivity contribution is -0.140. The Labute approximate surface area is 158 Å². The maximum atomic E-state index is 12.4. The molecule has 0 bridgehead atoms. The lowest BCUT2D eigenvalue weighted by atomic mass is 10.1. The second-order valence-electron chi connectivity index (χ2n) is 6.55. The van der Waals surface area contributed by atoms with E-state index >= 15 is 0 Å². The largest absolute Gasteiger partial charge is 0.480 e. The molecule has 0 spiro atoms. The smallest absolute Gasteiger partial charge is 0.326 e. The van der Waals surface area contributed by atoms with E-state index in [1.807, 2.05) is 31.2 Å². The standard InChI is InChI=1S/C20H22N2O4S/c1-14-7-9-17(10-8-14)27(25,26)21-12-11-16-13-22(15(2)20(23)24)19-6-4-3-5-18(16)19/h3-10,13,15,21H,11-12H2,1-2H3,(H,23,24). The summed E-state index contributed by atoms with van der Waals surface area (Å²) in [5, 5.41) is 10.3. The van der Waals surface area contributed by atoms with E-state index in [-0.39, 0.29) is 11.4 Å². The third-order valence-electron chi connectivity index (χ3n) is 4.62. The van der Waals surface area contributed by atoms with Gasteiger partial charge >= 0.3 is 5.97 Å². The summed E-state index contributed by atoms with van der Waals surface area (Å²) in [6.45, 7) is 3.75. The van der Waals surface area contributed by atoms with E-state index in [1.54, 1.807) is 42.0 Å². The van der Waals surface area contributed by atoms with Crippen LogP contribution >= 0.6 is 0 Å². The molecule has 0 amide bonds. The maximum Gasteiger partial charge on any atom is 0.326 e. The first kappa shape index (κ1) is 19.1. The number of carboxylic acids is 1. The summed E-state index contributed by atoms with van der Waals surface area (Å²) in [6.07, 6.45) is 2.26. The van der Waals surface area contributed by atoms with Crippen LogP contribution in [0.5, 0.6) is 0 Å². The van der Waals surface area contributed by atoms with Gasteiger partial charge in [0.2, 0.25) is 10.0 Å². The number of aryl methyl sites for hydroxylation is 1. The second kappa shape index (κ2) is 7.54. The van der Waals surface area contributed by atoms with Gasteiger partial charge in [0.15, 0.2) is 0 Å². The van der Waals surface area contributed by atoms with Gasteiger partial charge in [-0.05, 0) is 44.0 Å². The average molecular weight is 386 g/mol. The summed E-state index contributed by atoms with van der Waals surface area (Å²) in [6, 6.07) is 13.5. The second-order valence-corrected chi connectivity index (χ2v) is 8.32. The number of para-hydroxylation sites is 1. The van der Waals surface area contributed by atoms with Crippen LogP contribution in [0.4, 0.5) is 0 Å². The van der Waals surface area contributed by atoms with Crippen molar-refractivity contribution >= 4 is 26.9 Å². The fourth-order valence-corrected chi connectivity index (χ4v) is 4.07. The Hall–Kier alpha value is -2.64. The molecule has 0 fully saturated rings. The Bertz CT molecular complexity index is 1070. The van der Waals surface area contributed by atoms with Crippen LogP contribution in [0.25, 0.3) is 10.9 Å². The molecule has 0 aliphatic rings. The fourth-order valence-electron chi connectivity index (χ4n) is 3.04. The molecular weight excluding hydrogens is 364 g/mol. The first-order valence-electron chi connectivity index (χ1n) is 8.67. The van der Waals surface area contributed by atoms with Gasteiger partial charge in [0, 0.05) is 23.6 Å². The van der Waals surface area contributed by atoms with Crippen LogP contribution in [-0.2, 0) is 21.2 Å². The van der Waals surface area contributed by atoms with Gasteiger partial charge < -0.3 is 9.67 Å². The van der Waals surface area contributed by atoms with Crippen LogP contribution < -0.4 is 4.72 Å². The Morgan fingerprint density at radius 1 is 1.15 bits per heavy atom. The average Bonchev–Trinajstić information content (AvgIpc) is 3.00. The van der Waals surface area contributed by atoms with Crippen molar-refractivity contribution in [1.29, 1.82) is 0 Å². The predicted octanol–water partition coefficient (Wildman–Crippen LogP) is 3.12. The number of hydrogen-bond donors (Lipinski definition) is 2. The van der Waals surface area contributed by atoms with Crippen LogP contribution in [0.2, 0.25) is 0 Å². The van der Waals surface area contributed by atoms with E-state index in [0.29, 0.717) is 6.42 Å². The van der Waals surface area contributed by atoms with E-state index in [2.05, 4.69) is 4.72 Å². The number of hydrogen-bond acceptors (Lipinski definition) is 3. The summed E-state index contributed by atoms with van der Waals surface area (Å²) >= 11 is 0. The number of rotatable bonds is 7. The Morgan fingerprint density at radius 3 is 2.48 bits per heavy atom. The molecule has 0 radical (unpaired) electrons. The van der Waals surface area contributed by atoms with E-state index in [4.69, 9.17) is 0 Å². The van der Waals surface area contributed by atoms with Crippen molar-refractivity contribution in [3.05, 3.63) is 65.9 Å². The van der Waals surface area contributed by atoms with Crippen LogP contribution in [0.1, 0.15) is 24.1 Å². The molecule has 1 atom stereocenters. The van der Waals surface area contributed by atoms with Crippen molar-refractivity contribution in [2.45, 2.75) is 31.2 Å². The summed E-state index contributed by atoms with van der Waals surface area (Å²) < 4.78 is 29.1. The highest BCUT2D eigenvalue weighted by Gasteiger charge is 2.18. The highest BCUT2D eigenvalue weighted by Crippen LogP contribution is 2.25. The zero-order valence-corrected chi connectivity index (χ0v) is 16.0. The SMILES string of the molecule is Cc1ccc(S(=O)(=O)NCCc2cn(C(C)C(=O)O)c3ccccc23)cc1. The van der Waals surface area contributed by atoms with Gasteiger partial charge in [-0.3, -0.25) is 0 Å². The maximum absolute atomic E-state index is 12.4. The zero-order valence-electron chi connectivity index (χ0n) is 15.2. The number of nitrogens with zero attached hydrogens (tertiary/aromatic N) is 1. The van der Waals surface area contributed by atoms with Crippen LogP contribution in [0.15, 0.2) is 59.6 Å². The molecule has 3 aromatic rings. The van der Waals surface area contributed by atoms with Gasteiger partial charge in [-0.25, -0.2) is 17.9 Å². The number of aromatic nitrogens is 1. The van der Waals surface area contributed by atoms with Crippen molar-refractivity contribution in [3.63, 3.8) is 0 Å². The predicted molar refractivity (Wildman–Crippen MR) is 104 cm³/mol. The first-order valence-corrected chi connectivity index (χ1v) is 10.2. The normalized spacial score (nSPS) is 13.0. The third kappa shape index (κ3) is 4.04. The van der Waals surface area contributed by atoms with E-state index in [1.165, 1.54) is 0 Å². The van der Waals surface area contributed by atoms with Crippen molar-refractivity contribution in [1.82, 2.24) is 9.29 Å². The molecule has 1 aromatic heterocycles. The molecule has 0 aliphatic heterocycles. The Morgan fingerprint density at radius 2 is 1.81 bits per heavy atom. The number of carbonyl (C=O) groups is 1. The fraction of sp³-hybridized carbons (Fsp3) is 0.250. The van der Waals surface area contributed by atoms with E-state index in [9.17, 15) is 18.3 Å². The Balaban J connectivity index is 1.79. The highest BCUT2D eigenvalue weighted by molar-refractivity contribution is 7.89. The number of aliphatic carboxylic acids is 1. The molecule has 0 aliphatic carbocycles. The molecule has 2 aromatic carbocycles. The van der Waals surface area contributed by atoms with Crippen LogP contribution in [0.3, 0.4) is 0 Å². The van der Waals surface area contributed by atoms with Gasteiger partial charge in [0.1, 0.15) is 6.04 Å². The third-order valence-corrected chi connectivity index (χ3v) is 6.09. The molecular formula is C20H22N2O4S. The molecule has 27 heavy (non-hydrogen) atoms. The van der Waals surface area contributed by atoms with Crippen LogP contribution in [-0.4, -0.2) is 30.6 Å². The lowest BCUT2D eigenvalue weighted by Gasteiger charge is -2.09. The van der Waals surface area contributed by atoms with Crippen molar-refractivity contribution in [3.8, 4) is 0 Å². The summed E-state index contributed by atoms with van der Waals surface area (Å²) in [7, 11) is -3.57. The molecule has 0 saturated heterocycles. The molecule has 6 nitrogen and oxygen atoms in total. The van der Waals surface area contributed by atoms with Crippen molar-refractivity contribution in [2.75, 3.05) is 6.54 Å². The van der Waals surface area contributed by atoms with Crippen molar-refractivity contribution < 1.29 is 18.3 Å². The monoisotopic (exact) mass is 386 g/mol. The number of benzene rings is 2. The van der Waals surface area contributed by atoms with Crippen LogP contribution in [0, 0.1) is 6.92 Å². The first-order chi connectivity index (χ1) is 12.8. The number of fused-ring (bicyclic) bond motifs is 1. The zero-order chi connectivity index (χ0) is 19.6. The minimum Gasteiger partial charge on any atom is -0.480 e. The summed E-state index contributed by atoms with van der Waals surface area (Å²) in [5.41, 5.74) is 2.73. The number of sulfonamides is 1. The minimum atomic E-state index is -3.57. The molecule has 7 heteroatoms. The molecule has 3 rings (SSSR count). The topological polar surface area (TPSA) is 88.4 Å². The van der Waals surface area contributed by atoms with Gasteiger partial charge in [-0.1, -0.05) is 35.9 Å².